The summed E-state index contributed by atoms with van der Waals surface area (Å²) in [7, 11) is 1.54. The highest BCUT2D eigenvalue weighted by molar-refractivity contribution is 7.98. The number of anilines is 1. The number of nitrogens with one attached hydrogen (secondary N) is 2. The van der Waals surface area contributed by atoms with E-state index in [0.29, 0.717) is 6.42 Å². The predicted octanol–water partition coefficient (Wildman–Crippen LogP) is 1.42. The molecule has 4 atom stereocenters. The first-order valence-electron chi connectivity index (χ1n) is 9.91. The standard InChI is InChI=1S/C21H27N3O4S/c1-11-5-6-13-17(12(11)2)22-20(27)21(13)16-15(14(23-21)7-10-29-4)18(25)24(19(16)26)8-9-28-3/h5-6,14-16,23H,7-10H2,1-4H3,(H,22,27). The van der Waals surface area contributed by atoms with Gasteiger partial charge in [-0.15, -0.1) is 0 Å². The number of nitrogens with zero attached hydrogens (tertiary/aromatic N) is 1. The van der Waals surface area contributed by atoms with Crippen LogP contribution in [0.4, 0.5) is 5.69 Å². The molecule has 0 aliphatic carbocycles. The lowest BCUT2D eigenvalue weighted by molar-refractivity contribution is -0.143. The zero-order valence-electron chi connectivity index (χ0n) is 17.2. The summed E-state index contributed by atoms with van der Waals surface area (Å²) in [4.78, 5) is 41.3. The number of benzene rings is 1. The molecule has 4 unspecified atom stereocenters. The summed E-state index contributed by atoms with van der Waals surface area (Å²) in [5.41, 5.74) is 2.41. The molecule has 3 aliphatic heterocycles. The van der Waals surface area contributed by atoms with E-state index in [1.165, 1.54) is 4.90 Å². The normalized spacial score (nSPS) is 30.3. The second-order valence-electron chi connectivity index (χ2n) is 8.05. The summed E-state index contributed by atoms with van der Waals surface area (Å²) in [6.45, 7) is 4.47. The van der Waals surface area contributed by atoms with E-state index < -0.39 is 17.4 Å². The Hall–Kier alpha value is -1.90. The number of carbonyl (C=O) groups is 3. The van der Waals surface area contributed by atoms with Crippen molar-refractivity contribution in [2.24, 2.45) is 11.8 Å². The predicted molar refractivity (Wildman–Crippen MR) is 112 cm³/mol. The lowest BCUT2D eigenvalue weighted by Crippen LogP contribution is -2.53. The van der Waals surface area contributed by atoms with Gasteiger partial charge in [-0.25, -0.2) is 0 Å². The third kappa shape index (κ3) is 2.76. The van der Waals surface area contributed by atoms with Crippen molar-refractivity contribution in [3.63, 3.8) is 0 Å². The largest absolute Gasteiger partial charge is 0.383 e. The topological polar surface area (TPSA) is 87.7 Å². The molecule has 1 spiro atoms. The SMILES string of the molecule is COCCN1C(=O)C2C(CCSC)NC3(C(=O)Nc4c3ccc(C)c4C)C2C1=O. The van der Waals surface area contributed by atoms with Crippen LogP contribution < -0.4 is 10.6 Å². The molecule has 0 saturated carbocycles. The minimum atomic E-state index is -1.20. The minimum Gasteiger partial charge on any atom is -0.383 e. The van der Waals surface area contributed by atoms with Crippen molar-refractivity contribution >= 4 is 35.2 Å². The molecule has 2 N–H and O–H groups in total. The molecule has 156 valence electrons. The maximum atomic E-state index is 13.4. The molecule has 0 bridgehead atoms. The Morgan fingerprint density at radius 1 is 1.21 bits per heavy atom. The molecule has 2 saturated heterocycles. The second kappa shape index (κ2) is 7.41. The smallest absolute Gasteiger partial charge is 0.250 e. The van der Waals surface area contributed by atoms with Gasteiger partial charge in [-0.2, -0.15) is 11.8 Å². The Morgan fingerprint density at radius 2 is 1.97 bits per heavy atom. The van der Waals surface area contributed by atoms with E-state index in [-0.39, 0.29) is 36.9 Å². The lowest BCUT2D eigenvalue weighted by atomic mass is 9.76. The number of likely N-dealkylation sites (tertiary alicyclic amines) is 1. The zero-order chi connectivity index (χ0) is 20.9. The summed E-state index contributed by atoms with van der Waals surface area (Å²) >= 11 is 1.69. The maximum absolute atomic E-state index is 13.4. The number of ether oxygens (including phenoxy) is 1. The van der Waals surface area contributed by atoms with Crippen LogP contribution in [0.5, 0.6) is 0 Å². The molecule has 3 heterocycles. The van der Waals surface area contributed by atoms with Gasteiger partial charge in [0.15, 0.2) is 0 Å². The van der Waals surface area contributed by atoms with E-state index >= 15 is 0 Å². The summed E-state index contributed by atoms with van der Waals surface area (Å²) in [6.07, 6.45) is 2.73. The molecule has 29 heavy (non-hydrogen) atoms. The van der Waals surface area contributed by atoms with Crippen LogP contribution in [0.25, 0.3) is 0 Å². The number of methoxy groups -OCH3 is 1. The van der Waals surface area contributed by atoms with Crippen LogP contribution in [0.2, 0.25) is 0 Å². The average Bonchev–Trinajstić information content (AvgIpc) is 3.27. The van der Waals surface area contributed by atoms with Crippen molar-refractivity contribution in [3.8, 4) is 0 Å². The van der Waals surface area contributed by atoms with Gasteiger partial charge in [-0.1, -0.05) is 12.1 Å². The van der Waals surface area contributed by atoms with Crippen molar-refractivity contribution in [2.45, 2.75) is 31.8 Å². The molecular weight excluding hydrogens is 390 g/mol. The molecule has 2 fully saturated rings. The zero-order valence-corrected chi connectivity index (χ0v) is 18.0. The molecule has 3 aliphatic rings. The number of hydrogen-bond donors (Lipinski definition) is 2. The Balaban J connectivity index is 1.83. The van der Waals surface area contributed by atoms with E-state index in [2.05, 4.69) is 10.6 Å². The van der Waals surface area contributed by atoms with Crippen LogP contribution in [0.1, 0.15) is 23.1 Å². The molecule has 0 aromatic heterocycles. The number of imide groups is 1. The summed E-state index contributed by atoms with van der Waals surface area (Å²) < 4.78 is 5.09. The number of thioether (sulfide) groups is 1. The maximum Gasteiger partial charge on any atom is 0.250 e. The molecule has 0 radical (unpaired) electrons. The highest BCUT2D eigenvalue weighted by Gasteiger charge is 2.70. The van der Waals surface area contributed by atoms with Crippen molar-refractivity contribution in [1.29, 1.82) is 0 Å². The van der Waals surface area contributed by atoms with E-state index in [4.69, 9.17) is 4.74 Å². The van der Waals surface area contributed by atoms with Gasteiger partial charge in [0.1, 0.15) is 5.54 Å². The van der Waals surface area contributed by atoms with Crippen LogP contribution >= 0.6 is 11.8 Å². The van der Waals surface area contributed by atoms with Crippen LogP contribution in [-0.2, 0) is 24.7 Å². The van der Waals surface area contributed by atoms with Crippen molar-refractivity contribution in [3.05, 3.63) is 28.8 Å². The number of aryl methyl sites for hydroxylation is 1. The van der Waals surface area contributed by atoms with Gasteiger partial charge in [-0.05, 0) is 43.4 Å². The van der Waals surface area contributed by atoms with E-state index in [1.54, 1.807) is 18.9 Å². The van der Waals surface area contributed by atoms with Gasteiger partial charge in [0.25, 0.3) is 0 Å². The lowest BCUT2D eigenvalue weighted by Gasteiger charge is -2.29. The third-order valence-electron chi connectivity index (χ3n) is 6.66. The molecule has 3 amide bonds. The Labute approximate surface area is 174 Å². The van der Waals surface area contributed by atoms with Gasteiger partial charge < -0.3 is 10.1 Å². The van der Waals surface area contributed by atoms with E-state index in [1.807, 2.05) is 32.2 Å². The number of rotatable bonds is 6. The van der Waals surface area contributed by atoms with Crippen LogP contribution in [0.15, 0.2) is 12.1 Å². The fourth-order valence-electron chi connectivity index (χ4n) is 5.08. The first-order valence-corrected chi connectivity index (χ1v) is 11.3. The second-order valence-corrected chi connectivity index (χ2v) is 9.03. The quantitative estimate of drug-likeness (QED) is 0.681. The van der Waals surface area contributed by atoms with Gasteiger partial charge >= 0.3 is 0 Å². The van der Waals surface area contributed by atoms with E-state index in [9.17, 15) is 14.4 Å². The molecule has 1 aromatic carbocycles. The number of hydrogen-bond acceptors (Lipinski definition) is 6. The molecule has 8 heteroatoms. The van der Waals surface area contributed by atoms with Gasteiger partial charge in [-0.3, -0.25) is 24.6 Å². The number of carbonyl (C=O) groups excluding carboxylic acids is 3. The molecule has 4 rings (SSSR count). The van der Waals surface area contributed by atoms with Gasteiger partial charge in [0.2, 0.25) is 17.7 Å². The van der Waals surface area contributed by atoms with Crippen LogP contribution in [0, 0.1) is 25.7 Å². The van der Waals surface area contributed by atoms with Crippen LogP contribution in [0.3, 0.4) is 0 Å². The average molecular weight is 418 g/mol. The molecule has 7 nitrogen and oxygen atoms in total. The van der Waals surface area contributed by atoms with Gasteiger partial charge in [0, 0.05) is 24.4 Å². The van der Waals surface area contributed by atoms with Crippen molar-refractivity contribution in [2.75, 3.05) is 37.6 Å². The number of amides is 3. The van der Waals surface area contributed by atoms with Crippen molar-refractivity contribution in [1.82, 2.24) is 10.2 Å². The minimum absolute atomic E-state index is 0.197. The fraction of sp³-hybridized carbons (Fsp3) is 0.571. The van der Waals surface area contributed by atoms with Gasteiger partial charge in [0.05, 0.1) is 25.0 Å². The summed E-state index contributed by atoms with van der Waals surface area (Å²) in [6, 6.07) is 3.67. The summed E-state index contributed by atoms with van der Waals surface area (Å²) in [5, 5.41) is 6.48. The molecule has 1 aromatic rings. The fourth-order valence-corrected chi connectivity index (χ4v) is 5.56. The van der Waals surface area contributed by atoms with Crippen LogP contribution in [-0.4, -0.2) is 60.9 Å². The van der Waals surface area contributed by atoms with E-state index in [0.717, 1.165) is 28.1 Å². The third-order valence-corrected chi connectivity index (χ3v) is 7.31. The summed E-state index contributed by atoms with van der Waals surface area (Å²) in [5.74, 6) is -1.14. The highest BCUT2D eigenvalue weighted by Crippen LogP contribution is 2.54. The Kier molecular flexibility index (Phi) is 5.21. The highest BCUT2D eigenvalue weighted by atomic mass is 32.2. The van der Waals surface area contributed by atoms with Crippen molar-refractivity contribution < 1.29 is 19.1 Å². The Morgan fingerprint density at radius 3 is 2.66 bits per heavy atom. The number of fused-ring (bicyclic) bond motifs is 4. The Bertz CT molecular complexity index is 889. The first kappa shape index (κ1) is 20.4. The molecular formula is C21H27N3O4S. The monoisotopic (exact) mass is 417 g/mol. The first-order chi connectivity index (χ1) is 13.9.